The first kappa shape index (κ1) is 18.2. The van der Waals surface area contributed by atoms with Crippen molar-refractivity contribution < 1.29 is 23.4 Å². The van der Waals surface area contributed by atoms with Crippen LogP contribution in [0.1, 0.15) is 31.7 Å². The van der Waals surface area contributed by atoms with Crippen LogP contribution in [-0.4, -0.2) is 49.0 Å². The maximum Gasteiger partial charge on any atom is 0.163 e. The van der Waals surface area contributed by atoms with Crippen LogP contribution in [-0.2, 0) is 14.6 Å². The lowest BCUT2D eigenvalue weighted by molar-refractivity contribution is 0.117. The van der Waals surface area contributed by atoms with Gasteiger partial charge < -0.3 is 14.9 Å². The molecule has 2 aliphatic rings. The van der Waals surface area contributed by atoms with E-state index in [-0.39, 0.29) is 30.8 Å². The molecule has 2 atom stereocenters. The van der Waals surface area contributed by atoms with Gasteiger partial charge in [0.05, 0.1) is 25.1 Å². The number of aromatic hydroxyl groups is 1. The molecule has 6 heteroatoms. The van der Waals surface area contributed by atoms with Gasteiger partial charge in [-0.05, 0) is 36.5 Å². The third-order valence-corrected chi connectivity index (χ3v) is 7.04. The minimum absolute atomic E-state index is 0.0439. The van der Waals surface area contributed by atoms with Crippen molar-refractivity contribution in [2.75, 3.05) is 19.0 Å². The van der Waals surface area contributed by atoms with Crippen LogP contribution in [0.5, 0.6) is 5.75 Å². The Labute approximate surface area is 148 Å². The number of aliphatic hydroxyl groups excluding tert-OH is 1. The molecular weight excluding hydrogens is 340 g/mol. The van der Waals surface area contributed by atoms with Gasteiger partial charge in [-0.1, -0.05) is 36.8 Å². The predicted molar refractivity (Wildman–Crippen MR) is 97.0 cm³/mol. The number of allylic oxidation sites excluding steroid dienone is 1. The van der Waals surface area contributed by atoms with Crippen molar-refractivity contribution in [3.05, 3.63) is 46.5 Å². The number of fused-ring (bicyclic) bond motifs is 1. The molecule has 2 heterocycles. The highest BCUT2D eigenvalue weighted by Crippen LogP contribution is 2.38. The van der Waals surface area contributed by atoms with E-state index in [1.54, 1.807) is 12.1 Å². The van der Waals surface area contributed by atoms with Gasteiger partial charge in [0.2, 0.25) is 0 Å². The molecule has 0 saturated carbocycles. The molecule has 25 heavy (non-hydrogen) atoms. The van der Waals surface area contributed by atoms with E-state index >= 15 is 0 Å². The Morgan fingerprint density at radius 3 is 2.80 bits per heavy atom. The van der Waals surface area contributed by atoms with Gasteiger partial charge in [0, 0.05) is 5.56 Å². The minimum atomic E-state index is -3.22. The fourth-order valence-electron chi connectivity index (χ4n) is 3.64. The van der Waals surface area contributed by atoms with Gasteiger partial charge in [-0.15, -0.1) is 0 Å². The van der Waals surface area contributed by atoms with Crippen LogP contribution in [0, 0.1) is 0 Å². The fourth-order valence-corrected chi connectivity index (χ4v) is 5.58. The standard InChI is InChI=1S/C19H24O5S/c1-2-13(9-14-5-3-4-6-16(14)21)7-8-17-19-15(10-20)12-25(22,23)18(19)11-24-17/h3-6,9,17-18,20-21H,2,7-8,10-12H2,1H3/b13-9+/t17-,18+/m1/s1. The summed E-state index contributed by atoms with van der Waals surface area (Å²) in [4.78, 5) is 0. The van der Waals surface area contributed by atoms with E-state index in [2.05, 4.69) is 6.92 Å². The monoisotopic (exact) mass is 364 g/mol. The number of sulfone groups is 1. The summed E-state index contributed by atoms with van der Waals surface area (Å²) in [7, 11) is -3.22. The molecule has 0 aliphatic carbocycles. The second-order valence-electron chi connectivity index (χ2n) is 6.59. The summed E-state index contributed by atoms with van der Waals surface area (Å²) in [5, 5.41) is 18.8. The first-order valence-corrected chi connectivity index (χ1v) is 10.3. The number of aliphatic hydroxyl groups is 1. The maximum absolute atomic E-state index is 12.2. The zero-order valence-electron chi connectivity index (χ0n) is 14.3. The molecule has 5 nitrogen and oxygen atoms in total. The Kier molecular flexibility index (Phi) is 5.32. The third-order valence-electron chi connectivity index (χ3n) is 5.03. The van der Waals surface area contributed by atoms with Crippen LogP contribution in [0.25, 0.3) is 6.08 Å². The third kappa shape index (κ3) is 3.66. The summed E-state index contributed by atoms with van der Waals surface area (Å²) in [5.41, 5.74) is 3.33. The van der Waals surface area contributed by atoms with Crippen LogP contribution >= 0.6 is 0 Å². The molecule has 136 valence electrons. The Morgan fingerprint density at radius 1 is 1.36 bits per heavy atom. The van der Waals surface area contributed by atoms with Gasteiger partial charge in [0.15, 0.2) is 9.84 Å². The molecule has 1 fully saturated rings. The SMILES string of the molecule is CC/C(=C\c1ccccc1O)CC[C@H]1OC[C@H]2C1=C(CO)CS2(=O)=O. The highest BCUT2D eigenvalue weighted by Gasteiger charge is 2.46. The maximum atomic E-state index is 12.2. The normalized spacial score (nSPS) is 25.4. The van der Waals surface area contributed by atoms with Gasteiger partial charge >= 0.3 is 0 Å². The smallest absolute Gasteiger partial charge is 0.163 e. The average Bonchev–Trinajstić information content (AvgIpc) is 3.13. The molecule has 0 spiro atoms. The number of rotatable bonds is 6. The number of benzene rings is 1. The van der Waals surface area contributed by atoms with E-state index in [1.165, 1.54) is 5.57 Å². The molecule has 1 aromatic rings. The summed E-state index contributed by atoms with van der Waals surface area (Å²) in [6, 6.07) is 7.19. The van der Waals surface area contributed by atoms with Gasteiger partial charge in [0.25, 0.3) is 0 Å². The Morgan fingerprint density at radius 2 is 2.12 bits per heavy atom. The predicted octanol–water partition coefficient (Wildman–Crippen LogP) is 2.45. The molecule has 1 aromatic carbocycles. The van der Waals surface area contributed by atoms with E-state index in [4.69, 9.17) is 4.74 Å². The summed E-state index contributed by atoms with van der Waals surface area (Å²) < 4.78 is 30.1. The molecule has 0 unspecified atom stereocenters. The fraction of sp³-hybridized carbons (Fsp3) is 0.474. The second kappa shape index (κ2) is 7.32. The van der Waals surface area contributed by atoms with E-state index < -0.39 is 15.1 Å². The lowest BCUT2D eigenvalue weighted by atomic mass is 9.96. The number of hydrogen-bond donors (Lipinski definition) is 2. The molecule has 3 rings (SSSR count). The number of phenols is 1. The zero-order valence-corrected chi connectivity index (χ0v) is 15.1. The number of para-hydroxylation sites is 1. The van der Waals surface area contributed by atoms with E-state index in [9.17, 15) is 18.6 Å². The lowest BCUT2D eigenvalue weighted by Gasteiger charge is -2.14. The van der Waals surface area contributed by atoms with Crippen LogP contribution < -0.4 is 0 Å². The van der Waals surface area contributed by atoms with Crippen molar-refractivity contribution >= 4 is 15.9 Å². The molecule has 0 amide bonds. The molecular formula is C19H24O5S. The van der Waals surface area contributed by atoms with Gasteiger partial charge in [0.1, 0.15) is 11.0 Å². The summed E-state index contributed by atoms with van der Waals surface area (Å²) in [6.07, 6.45) is 4.01. The summed E-state index contributed by atoms with van der Waals surface area (Å²) in [5.74, 6) is 0.204. The lowest BCUT2D eigenvalue weighted by Crippen LogP contribution is -2.19. The van der Waals surface area contributed by atoms with Crippen LogP contribution in [0.3, 0.4) is 0 Å². The molecule has 1 saturated heterocycles. The van der Waals surface area contributed by atoms with E-state index in [0.717, 1.165) is 24.0 Å². The Bertz CT molecular complexity index is 807. The van der Waals surface area contributed by atoms with Crippen molar-refractivity contribution in [2.24, 2.45) is 0 Å². The van der Waals surface area contributed by atoms with E-state index in [1.807, 2.05) is 18.2 Å². The van der Waals surface area contributed by atoms with Gasteiger partial charge in [-0.3, -0.25) is 0 Å². The second-order valence-corrected chi connectivity index (χ2v) is 8.77. The topological polar surface area (TPSA) is 83.8 Å². The van der Waals surface area contributed by atoms with Crippen molar-refractivity contribution in [1.82, 2.24) is 0 Å². The van der Waals surface area contributed by atoms with Crippen molar-refractivity contribution in [1.29, 1.82) is 0 Å². The average molecular weight is 364 g/mol. The highest BCUT2D eigenvalue weighted by atomic mass is 32.2. The number of hydrogen-bond acceptors (Lipinski definition) is 5. The van der Waals surface area contributed by atoms with Gasteiger partial charge in [-0.25, -0.2) is 8.42 Å². The first-order chi connectivity index (χ1) is 12.0. The van der Waals surface area contributed by atoms with Gasteiger partial charge in [-0.2, -0.15) is 0 Å². The van der Waals surface area contributed by atoms with Crippen LogP contribution in [0.2, 0.25) is 0 Å². The highest BCUT2D eigenvalue weighted by molar-refractivity contribution is 7.92. The zero-order chi connectivity index (χ0) is 18.0. The van der Waals surface area contributed by atoms with Crippen LogP contribution in [0.4, 0.5) is 0 Å². The summed E-state index contributed by atoms with van der Waals surface area (Å²) >= 11 is 0. The molecule has 2 aliphatic heterocycles. The first-order valence-electron chi connectivity index (χ1n) is 8.59. The molecule has 0 bridgehead atoms. The number of phenolic OH excluding ortho intramolecular Hbond substituents is 1. The Hall–Kier alpha value is -1.63. The minimum Gasteiger partial charge on any atom is -0.507 e. The van der Waals surface area contributed by atoms with Crippen LogP contribution in [0.15, 0.2) is 41.0 Å². The molecule has 0 radical (unpaired) electrons. The number of ether oxygens (including phenoxy) is 1. The largest absolute Gasteiger partial charge is 0.507 e. The van der Waals surface area contributed by atoms with Crippen molar-refractivity contribution in [3.63, 3.8) is 0 Å². The van der Waals surface area contributed by atoms with E-state index in [0.29, 0.717) is 12.0 Å². The summed E-state index contributed by atoms with van der Waals surface area (Å²) in [6.45, 7) is 2.03. The van der Waals surface area contributed by atoms with Crippen molar-refractivity contribution in [2.45, 2.75) is 37.5 Å². The Balaban J connectivity index is 1.74. The molecule has 0 aromatic heterocycles. The van der Waals surface area contributed by atoms with Crippen molar-refractivity contribution in [3.8, 4) is 5.75 Å². The molecule has 2 N–H and O–H groups in total. The quantitative estimate of drug-likeness (QED) is 0.758.